The van der Waals surface area contributed by atoms with Crippen LogP contribution in [0.1, 0.15) is 40.0 Å². The van der Waals surface area contributed by atoms with Crippen molar-refractivity contribution in [2.45, 2.75) is 31.8 Å². The zero-order valence-corrected chi connectivity index (χ0v) is 20.3. The summed E-state index contributed by atoms with van der Waals surface area (Å²) in [5.41, 5.74) is 8.41. The third kappa shape index (κ3) is 4.86. The molecule has 2 aromatic heterocycles. The first kappa shape index (κ1) is 22.5. The lowest BCUT2D eigenvalue weighted by atomic mass is 10.1. The van der Waals surface area contributed by atoms with Crippen LogP contribution in [-0.2, 0) is 13.0 Å². The van der Waals surface area contributed by atoms with Crippen LogP contribution in [0, 0.1) is 0 Å². The number of nitrogens with one attached hydrogen (secondary N) is 2. The molecule has 0 radical (unpaired) electrons. The van der Waals surface area contributed by atoms with Gasteiger partial charge in [-0.2, -0.15) is 5.10 Å². The molecule has 1 saturated carbocycles. The van der Waals surface area contributed by atoms with E-state index in [1.54, 1.807) is 28.9 Å². The van der Waals surface area contributed by atoms with E-state index >= 15 is 0 Å². The summed E-state index contributed by atoms with van der Waals surface area (Å²) in [6.07, 6.45) is 3.18. The van der Waals surface area contributed by atoms with Crippen LogP contribution in [0.25, 0.3) is 21.5 Å². The molecule has 0 atom stereocenters. The Morgan fingerprint density at radius 1 is 1.00 bits per heavy atom. The number of hydrogen-bond acceptors (Lipinski definition) is 6. The van der Waals surface area contributed by atoms with Gasteiger partial charge in [-0.3, -0.25) is 14.7 Å². The predicted molar refractivity (Wildman–Crippen MR) is 142 cm³/mol. The maximum absolute atomic E-state index is 11.7. The number of hydroxylamine groups is 1. The Labute approximate surface area is 212 Å². The Balaban J connectivity index is 1.34. The molecule has 6 rings (SSSR count). The summed E-state index contributed by atoms with van der Waals surface area (Å²) in [6.45, 7) is 0.556. The first-order valence-electron chi connectivity index (χ1n) is 12.0. The van der Waals surface area contributed by atoms with Crippen LogP contribution < -0.4 is 10.8 Å². The van der Waals surface area contributed by atoms with Gasteiger partial charge in [-0.1, -0.05) is 59.9 Å². The topological polar surface area (TPSA) is 92.1 Å². The van der Waals surface area contributed by atoms with Crippen LogP contribution in [0.3, 0.4) is 0 Å². The second-order valence-corrected chi connectivity index (χ2v) is 10.1. The fraction of sp³-hybridized carbons (Fsp3) is 0.179. The molecule has 2 heterocycles. The highest BCUT2D eigenvalue weighted by Crippen LogP contribution is 2.34. The van der Waals surface area contributed by atoms with E-state index in [1.807, 2.05) is 35.0 Å². The molecule has 8 heteroatoms. The minimum atomic E-state index is -0.528. The Bertz CT molecular complexity index is 1520. The van der Waals surface area contributed by atoms with Gasteiger partial charge in [-0.15, -0.1) is 0 Å². The standard InChI is InChI=1S/C28H25N5O2S/c34-27(32-35)20-8-6-19(7-9-20)17-33-25(16-23(31-33)14-18-4-2-1-3-5-18)21-10-13-24-26(15-21)36-28(30-24)29-22-11-12-22/h1-10,13,15-16,22,35H,11-12,14,17H2,(H,29,30)(H,32,34). The third-order valence-corrected chi connectivity index (χ3v) is 7.25. The van der Waals surface area contributed by atoms with Crippen LogP contribution in [0.2, 0.25) is 0 Å². The first-order chi connectivity index (χ1) is 17.6. The molecule has 1 fully saturated rings. The highest BCUT2D eigenvalue weighted by Gasteiger charge is 2.22. The van der Waals surface area contributed by atoms with Crippen LogP contribution in [-0.4, -0.2) is 31.9 Å². The van der Waals surface area contributed by atoms with Crippen molar-refractivity contribution in [2.75, 3.05) is 5.32 Å². The molecule has 36 heavy (non-hydrogen) atoms. The van der Waals surface area contributed by atoms with Crippen molar-refractivity contribution in [1.82, 2.24) is 20.2 Å². The number of fused-ring (bicyclic) bond motifs is 1. The Kier molecular flexibility index (Phi) is 5.96. The smallest absolute Gasteiger partial charge is 0.274 e. The van der Waals surface area contributed by atoms with E-state index < -0.39 is 5.91 Å². The Hall–Kier alpha value is -4.01. The molecule has 0 aliphatic heterocycles. The second-order valence-electron chi connectivity index (χ2n) is 9.10. The first-order valence-corrected chi connectivity index (χ1v) is 12.8. The van der Waals surface area contributed by atoms with Crippen LogP contribution in [0.4, 0.5) is 5.13 Å². The highest BCUT2D eigenvalue weighted by atomic mass is 32.1. The molecule has 1 aliphatic carbocycles. The summed E-state index contributed by atoms with van der Waals surface area (Å²) in [5, 5.41) is 18.3. The molecule has 1 amide bonds. The highest BCUT2D eigenvalue weighted by molar-refractivity contribution is 7.22. The van der Waals surface area contributed by atoms with E-state index in [-0.39, 0.29) is 0 Å². The van der Waals surface area contributed by atoms with Crippen molar-refractivity contribution in [3.05, 3.63) is 101 Å². The maximum Gasteiger partial charge on any atom is 0.274 e. The number of hydrogen-bond donors (Lipinski definition) is 3. The zero-order valence-electron chi connectivity index (χ0n) is 19.5. The quantitative estimate of drug-likeness (QED) is 0.196. The predicted octanol–water partition coefficient (Wildman–Crippen LogP) is 5.49. The number of nitrogens with zero attached hydrogens (tertiary/aromatic N) is 3. The third-order valence-electron chi connectivity index (χ3n) is 6.30. The van der Waals surface area contributed by atoms with E-state index in [0.29, 0.717) is 18.2 Å². The molecule has 5 aromatic rings. The SMILES string of the molecule is O=C(NO)c1ccc(Cn2nc(Cc3ccccc3)cc2-c2ccc3nc(NC4CC4)sc3c2)cc1. The number of thiazole rings is 1. The lowest BCUT2D eigenvalue weighted by Crippen LogP contribution is -2.18. The lowest BCUT2D eigenvalue weighted by molar-refractivity contribution is 0.0706. The van der Waals surface area contributed by atoms with Gasteiger partial charge in [0.05, 0.1) is 28.1 Å². The average Bonchev–Trinajstić information content (AvgIpc) is 3.49. The molecule has 3 N–H and O–H groups in total. The largest absolute Gasteiger partial charge is 0.359 e. The molecular formula is C28H25N5O2S. The van der Waals surface area contributed by atoms with E-state index in [9.17, 15) is 4.79 Å². The van der Waals surface area contributed by atoms with Gasteiger partial charge in [-0.25, -0.2) is 10.5 Å². The van der Waals surface area contributed by atoms with E-state index in [2.05, 4.69) is 41.7 Å². The minimum absolute atomic E-state index is 0.401. The van der Waals surface area contributed by atoms with Gasteiger partial charge >= 0.3 is 0 Å². The fourth-order valence-electron chi connectivity index (χ4n) is 4.26. The van der Waals surface area contributed by atoms with Crippen molar-refractivity contribution in [1.29, 1.82) is 0 Å². The van der Waals surface area contributed by atoms with Crippen molar-refractivity contribution >= 4 is 32.6 Å². The van der Waals surface area contributed by atoms with Crippen molar-refractivity contribution in [2.24, 2.45) is 0 Å². The van der Waals surface area contributed by atoms with E-state index in [0.717, 1.165) is 44.3 Å². The van der Waals surface area contributed by atoms with Crippen molar-refractivity contribution < 1.29 is 10.0 Å². The van der Waals surface area contributed by atoms with E-state index in [1.165, 1.54) is 18.4 Å². The lowest BCUT2D eigenvalue weighted by Gasteiger charge is -2.09. The van der Waals surface area contributed by atoms with Gasteiger partial charge < -0.3 is 5.32 Å². The van der Waals surface area contributed by atoms with Gasteiger partial charge in [0.15, 0.2) is 5.13 Å². The average molecular weight is 496 g/mol. The van der Waals surface area contributed by atoms with Gasteiger partial charge in [-0.05, 0) is 54.3 Å². The minimum Gasteiger partial charge on any atom is -0.359 e. The summed E-state index contributed by atoms with van der Waals surface area (Å²) in [6, 6.07) is 26.6. The molecule has 0 bridgehead atoms. The monoisotopic (exact) mass is 495 g/mol. The van der Waals surface area contributed by atoms with Crippen LogP contribution >= 0.6 is 11.3 Å². The maximum atomic E-state index is 11.7. The number of anilines is 1. The summed E-state index contributed by atoms with van der Waals surface area (Å²) in [5.74, 6) is -0.528. The van der Waals surface area contributed by atoms with Crippen molar-refractivity contribution in [3.8, 4) is 11.3 Å². The molecule has 0 unspecified atom stereocenters. The molecule has 0 saturated heterocycles. The number of aromatic nitrogens is 3. The normalized spacial score (nSPS) is 13.1. The molecule has 180 valence electrons. The number of carbonyl (C=O) groups is 1. The molecular weight excluding hydrogens is 470 g/mol. The Morgan fingerprint density at radius 2 is 1.81 bits per heavy atom. The molecule has 1 aliphatic rings. The van der Waals surface area contributed by atoms with Gasteiger partial charge in [0, 0.05) is 23.6 Å². The summed E-state index contributed by atoms with van der Waals surface area (Å²) >= 11 is 1.69. The zero-order chi connectivity index (χ0) is 24.5. The van der Waals surface area contributed by atoms with Gasteiger partial charge in [0.25, 0.3) is 5.91 Å². The molecule has 7 nitrogen and oxygen atoms in total. The summed E-state index contributed by atoms with van der Waals surface area (Å²) in [4.78, 5) is 16.4. The van der Waals surface area contributed by atoms with Crippen LogP contribution in [0.5, 0.6) is 0 Å². The molecule has 3 aromatic carbocycles. The summed E-state index contributed by atoms with van der Waals surface area (Å²) < 4.78 is 3.16. The van der Waals surface area contributed by atoms with Crippen molar-refractivity contribution in [3.63, 3.8) is 0 Å². The van der Waals surface area contributed by atoms with Gasteiger partial charge in [0.1, 0.15) is 0 Å². The Morgan fingerprint density at radius 3 is 2.56 bits per heavy atom. The van der Waals surface area contributed by atoms with E-state index in [4.69, 9.17) is 15.3 Å². The second kappa shape index (κ2) is 9.56. The number of benzene rings is 3. The number of amides is 1. The number of carbonyl (C=O) groups excluding carboxylic acids is 1. The fourth-order valence-corrected chi connectivity index (χ4v) is 5.24. The van der Waals surface area contributed by atoms with Gasteiger partial charge in [0.2, 0.25) is 0 Å². The number of rotatable bonds is 8. The van der Waals surface area contributed by atoms with Crippen LogP contribution in [0.15, 0.2) is 78.9 Å². The summed E-state index contributed by atoms with van der Waals surface area (Å²) in [7, 11) is 0. The molecule has 0 spiro atoms.